The Hall–Kier alpha value is -1.50. The van der Waals surface area contributed by atoms with Gasteiger partial charge >= 0.3 is 0 Å². The highest BCUT2D eigenvalue weighted by atomic mass is 28.4. The number of benzene rings is 2. The maximum absolute atomic E-state index is 11.0. The molecule has 31 heavy (non-hydrogen) atoms. The summed E-state index contributed by atoms with van der Waals surface area (Å²) in [6.07, 6.45) is 0.0828. The summed E-state index contributed by atoms with van der Waals surface area (Å²) >= 11 is 0. The molecule has 0 radical (unpaired) electrons. The average Bonchev–Trinajstić information content (AvgIpc) is 2.72. The number of aliphatic hydroxyl groups is 1. The van der Waals surface area contributed by atoms with Crippen LogP contribution in [0.4, 0.5) is 0 Å². The normalized spacial score (nSPS) is 24.8. The van der Waals surface area contributed by atoms with Crippen molar-refractivity contribution in [3.05, 3.63) is 71.8 Å². The summed E-state index contributed by atoms with van der Waals surface area (Å²) in [5, 5.41) is 11.1. The van der Waals surface area contributed by atoms with Crippen molar-refractivity contribution in [2.45, 2.75) is 89.4 Å². The van der Waals surface area contributed by atoms with E-state index in [0.717, 1.165) is 17.5 Å². The molecule has 0 saturated heterocycles. The van der Waals surface area contributed by atoms with Gasteiger partial charge in [-0.05, 0) is 29.3 Å². The fraction of sp³-hybridized carbons (Fsp3) is 0.538. The molecule has 1 fully saturated rings. The van der Waals surface area contributed by atoms with Crippen LogP contribution in [0, 0.1) is 0 Å². The van der Waals surface area contributed by atoms with Gasteiger partial charge < -0.3 is 19.0 Å². The fourth-order valence-corrected chi connectivity index (χ4v) is 5.14. The summed E-state index contributed by atoms with van der Waals surface area (Å²) in [6.45, 7) is 12.2. The molecule has 0 bridgehead atoms. The highest BCUT2D eigenvalue weighted by Gasteiger charge is 2.44. The van der Waals surface area contributed by atoms with E-state index in [-0.39, 0.29) is 23.4 Å². The summed E-state index contributed by atoms with van der Waals surface area (Å²) in [4.78, 5) is 0. The van der Waals surface area contributed by atoms with Crippen molar-refractivity contribution in [1.29, 1.82) is 0 Å². The molecule has 4 atom stereocenters. The molecule has 0 spiro atoms. The van der Waals surface area contributed by atoms with E-state index in [2.05, 4.69) is 46.0 Å². The zero-order valence-corrected chi connectivity index (χ0v) is 20.6. The van der Waals surface area contributed by atoms with Gasteiger partial charge in [-0.15, -0.1) is 0 Å². The molecule has 1 aliphatic carbocycles. The van der Waals surface area contributed by atoms with Crippen LogP contribution in [0.2, 0.25) is 18.1 Å². The van der Waals surface area contributed by atoms with Crippen LogP contribution < -0.4 is 0 Å². The van der Waals surface area contributed by atoms with Crippen LogP contribution in [0.3, 0.4) is 0 Å². The molecule has 1 aliphatic rings. The van der Waals surface area contributed by atoms with Crippen LogP contribution in [0.15, 0.2) is 60.7 Å². The smallest absolute Gasteiger partial charge is 0.192 e. The van der Waals surface area contributed by atoms with Gasteiger partial charge in [0, 0.05) is 12.8 Å². The molecule has 1 N–H and O–H groups in total. The average molecular weight is 443 g/mol. The lowest BCUT2D eigenvalue weighted by molar-refractivity contribution is -0.169. The predicted octanol–water partition coefficient (Wildman–Crippen LogP) is 5.70. The first kappa shape index (κ1) is 24.1. The first-order valence-electron chi connectivity index (χ1n) is 11.3. The molecule has 4 nitrogen and oxygen atoms in total. The van der Waals surface area contributed by atoms with Gasteiger partial charge in [0.2, 0.25) is 0 Å². The molecule has 0 aliphatic heterocycles. The van der Waals surface area contributed by atoms with Crippen molar-refractivity contribution < 1.29 is 19.0 Å². The third-order valence-electron chi connectivity index (χ3n) is 6.60. The van der Waals surface area contributed by atoms with Gasteiger partial charge in [0.05, 0.1) is 31.5 Å². The molecule has 1 saturated carbocycles. The van der Waals surface area contributed by atoms with Gasteiger partial charge in [0.15, 0.2) is 8.32 Å². The van der Waals surface area contributed by atoms with Crippen molar-refractivity contribution in [3.8, 4) is 0 Å². The predicted molar refractivity (Wildman–Crippen MR) is 127 cm³/mol. The fourth-order valence-electron chi connectivity index (χ4n) is 3.76. The SMILES string of the molecule is CC(C)(C)[Si](C)(C)O[C@H]1C[C@@H](O)[C@@H](OCc2ccccc2)[C@H](OCc2ccccc2)C1. The van der Waals surface area contributed by atoms with E-state index >= 15 is 0 Å². The van der Waals surface area contributed by atoms with Crippen LogP contribution >= 0.6 is 0 Å². The van der Waals surface area contributed by atoms with E-state index in [9.17, 15) is 5.11 Å². The Kier molecular flexibility index (Phi) is 8.11. The molecule has 0 amide bonds. The third kappa shape index (κ3) is 6.74. The lowest BCUT2D eigenvalue weighted by Gasteiger charge is -2.44. The molecule has 0 unspecified atom stereocenters. The zero-order chi connectivity index (χ0) is 22.5. The lowest BCUT2D eigenvalue weighted by Crippen LogP contribution is -2.53. The standard InChI is InChI=1S/C26H38O4Si/c1-26(2,3)31(4,5)30-22-16-23(27)25(29-19-21-14-10-7-11-15-21)24(17-22)28-18-20-12-8-6-9-13-20/h6-15,22-25,27H,16-19H2,1-5H3/t22-,23+,24+,25+/m0/s1. The molecule has 170 valence electrons. The molecule has 0 heterocycles. The number of aliphatic hydroxyl groups excluding tert-OH is 1. The van der Waals surface area contributed by atoms with Gasteiger partial charge in [0.25, 0.3) is 0 Å². The second kappa shape index (κ2) is 10.4. The van der Waals surface area contributed by atoms with Gasteiger partial charge in [-0.1, -0.05) is 81.4 Å². The highest BCUT2D eigenvalue weighted by molar-refractivity contribution is 6.74. The van der Waals surface area contributed by atoms with E-state index < -0.39 is 14.4 Å². The lowest BCUT2D eigenvalue weighted by atomic mass is 9.89. The Morgan fingerprint density at radius 1 is 0.839 bits per heavy atom. The molecule has 3 rings (SSSR count). The van der Waals surface area contributed by atoms with Gasteiger partial charge in [-0.25, -0.2) is 0 Å². The summed E-state index contributed by atoms with van der Waals surface area (Å²) < 4.78 is 19.2. The molecule has 0 aromatic heterocycles. The maximum atomic E-state index is 11.0. The topological polar surface area (TPSA) is 47.9 Å². The van der Waals surface area contributed by atoms with Gasteiger partial charge in [-0.3, -0.25) is 0 Å². The molecule has 5 heteroatoms. The molecular formula is C26H38O4Si. The Bertz CT molecular complexity index is 788. The van der Waals surface area contributed by atoms with Crippen LogP contribution in [-0.2, 0) is 27.1 Å². The minimum Gasteiger partial charge on any atom is -0.414 e. The first-order valence-corrected chi connectivity index (χ1v) is 14.2. The number of ether oxygens (including phenoxy) is 2. The van der Waals surface area contributed by atoms with Crippen molar-refractivity contribution in [2.24, 2.45) is 0 Å². The van der Waals surface area contributed by atoms with Crippen molar-refractivity contribution >= 4 is 8.32 Å². The van der Waals surface area contributed by atoms with E-state index in [4.69, 9.17) is 13.9 Å². The van der Waals surface area contributed by atoms with Crippen LogP contribution in [0.1, 0.15) is 44.7 Å². The van der Waals surface area contributed by atoms with Crippen molar-refractivity contribution in [1.82, 2.24) is 0 Å². The summed E-state index contributed by atoms with van der Waals surface area (Å²) in [5.74, 6) is 0. The Labute approximate surface area is 188 Å². The first-order chi connectivity index (χ1) is 14.7. The van der Waals surface area contributed by atoms with Crippen LogP contribution in [0.5, 0.6) is 0 Å². The minimum absolute atomic E-state index is 0.0201. The Morgan fingerprint density at radius 2 is 1.35 bits per heavy atom. The van der Waals surface area contributed by atoms with E-state index in [1.807, 2.05) is 48.5 Å². The zero-order valence-electron chi connectivity index (χ0n) is 19.6. The quantitative estimate of drug-likeness (QED) is 0.533. The largest absolute Gasteiger partial charge is 0.414 e. The summed E-state index contributed by atoms with van der Waals surface area (Å²) in [5.41, 5.74) is 2.21. The van der Waals surface area contributed by atoms with E-state index in [0.29, 0.717) is 19.6 Å². The second-order valence-electron chi connectivity index (χ2n) is 10.1. The highest BCUT2D eigenvalue weighted by Crippen LogP contribution is 2.40. The Morgan fingerprint density at radius 3 is 1.87 bits per heavy atom. The van der Waals surface area contributed by atoms with Crippen LogP contribution in [0.25, 0.3) is 0 Å². The van der Waals surface area contributed by atoms with Crippen molar-refractivity contribution in [2.75, 3.05) is 0 Å². The maximum Gasteiger partial charge on any atom is 0.192 e. The van der Waals surface area contributed by atoms with Gasteiger partial charge in [-0.2, -0.15) is 0 Å². The van der Waals surface area contributed by atoms with Gasteiger partial charge in [0.1, 0.15) is 6.10 Å². The third-order valence-corrected chi connectivity index (χ3v) is 11.1. The molecule has 2 aromatic carbocycles. The molecule has 2 aromatic rings. The minimum atomic E-state index is -1.94. The monoisotopic (exact) mass is 442 g/mol. The number of hydrogen-bond donors (Lipinski definition) is 1. The molecular weight excluding hydrogens is 404 g/mol. The second-order valence-corrected chi connectivity index (χ2v) is 14.9. The van der Waals surface area contributed by atoms with Crippen LogP contribution in [-0.4, -0.2) is 37.8 Å². The van der Waals surface area contributed by atoms with Crippen molar-refractivity contribution in [3.63, 3.8) is 0 Å². The summed E-state index contributed by atoms with van der Waals surface area (Å²) in [6, 6.07) is 20.2. The number of rotatable bonds is 8. The number of hydrogen-bond acceptors (Lipinski definition) is 4. The van der Waals surface area contributed by atoms with E-state index in [1.54, 1.807) is 0 Å². The van der Waals surface area contributed by atoms with E-state index in [1.165, 1.54) is 0 Å². The summed E-state index contributed by atoms with van der Waals surface area (Å²) in [7, 11) is -1.94. The Balaban J connectivity index is 1.70.